The number of pyridine rings is 2. The first kappa shape index (κ1) is 20.4. The lowest BCUT2D eigenvalue weighted by atomic mass is 9.85. The molecule has 1 aliphatic rings. The molecule has 3 heterocycles. The van der Waals surface area contributed by atoms with Crippen LogP contribution in [0.5, 0.6) is 0 Å². The minimum absolute atomic E-state index is 0.0607. The minimum atomic E-state index is -0.717. The lowest BCUT2D eigenvalue weighted by molar-refractivity contribution is -0.157. The lowest BCUT2D eigenvalue weighted by Crippen LogP contribution is -2.51. The molecule has 7 nitrogen and oxygen atoms in total. The van der Waals surface area contributed by atoms with Gasteiger partial charge in [0.15, 0.2) is 6.29 Å². The van der Waals surface area contributed by atoms with Crippen molar-refractivity contribution in [2.75, 3.05) is 26.4 Å². The zero-order chi connectivity index (χ0) is 19.8. The molecular formula is C21H28N4O3. The molecule has 0 saturated carbocycles. The van der Waals surface area contributed by atoms with Crippen molar-refractivity contribution in [1.29, 1.82) is 0 Å². The van der Waals surface area contributed by atoms with E-state index in [1.165, 1.54) is 0 Å². The summed E-state index contributed by atoms with van der Waals surface area (Å²) in [6.07, 6.45) is 7.78. The maximum atomic E-state index is 13.5. The van der Waals surface area contributed by atoms with Crippen molar-refractivity contribution in [3.63, 3.8) is 0 Å². The van der Waals surface area contributed by atoms with Crippen LogP contribution in [0.25, 0.3) is 0 Å². The minimum Gasteiger partial charge on any atom is -0.351 e. The summed E-state index contributed by atoms with van der Waals surface area (Å²) in [5.41, 5.74) is 1.42. The predicted molar refractivity (Wildman–Crippen MR) is 105 cm³/mol. The molecule has 2 aromatic rings. The molecule has 28 heavy (non-hydrogen) atoms. The summed E-state index contributed by atoms with van der Waals surface area (Å²) < 4.78 is 11.3. The summed E-state index contributed by atoms with van der Waals surface area (Å²) >= 11 is 0. The van der Waals surface area contributed by atoms with Crippen LogP contribution in [0, 0.1) is 0 Å². The Bertz CT molecular complexity index is 694. The Morgan fingerprint density at radius 1 is 1.00 bits per heavy atom. The van der Waals surface area contributed by atoms with Gasteiger partial charge in [-0.1, -0.05) is 0 Å². The Morgan fingerprint density at radius 3 is 1.96 bits per heavy atom. The normalized spacial score (nSPS) is 16.1. The number of aromatic nitrogens is 2. The highest BCUT2D eigenvalue weighted by Crippen LogP contribution is 2.26. The Labute approximate surface area is 166 Å². The van der Waals surface area contributed by atoms with Gasteiger partial charge in [-0.2, -0.15) is 0 Å². The third kappa shape index (κ3) is 4.92. The molecule has 2 aromatic heterocycles. The molecule has 0 aromatic carbocycles. The van der Waals surface area contributed by atoms with E-state index in [4.69, 9.17) is 9.47 Å². The number of carbonyl (C=O) groups is 1. The SMILES string of the molecule is CCOC(CN1CNC(Cc2ccncc2)(Cc2ccncc2)C1=O)OCC. The number of hydrogen-bond acceptors (Lipinski definition) is 6. The summed E-state index contributed by atoms with van der Waals surface area (Å²) in [5.74, 6) is 0.0607. The van der Waals surface area contributed by atoms with E-state index in [2.05, 4.69) is 15.3 Å². The van der Waals surface area contributed by atoms with Crippen molar-refractivity contribution in [2.24, 2.45) is 0 Å². The molecule has 3 rings (SSSR count). The molecule has 0 unspecified atom stereocenters. The van der Waals surface area contributed by atoms with Crippen molar-refractivity contribution in [2.45, 2.75) is 38.5 Å². The number of nitrogens with one attached hydrogen (secondary N) is 1. The molecule has 1 fully saturated rings. The number of amides is 1. The van der Waals surface area contributed by atoms with Gasteiger partial charge in [-0.05, 0) is 49.2 Å². The summed E-state index contributed by atoms with van der Waals surface area (Å²) in [7, 11) is 0. The first-order valence-electron chi connectivity index (χ1n) is 9.72. The maximum Gasteiger partial charge on any atom is 0.244 e. The third-order valence-electron chi connectivity index (χ3n) is 4.89. The molecule has 0 aliphatic carbocycles. The first-order chi connectivity index (χ1) is 13.7. The molecule has 0 bridgehead atoms. The molecule has 150 valence electrons. The second-order valence-corrected chi connectivity index (χ2v) is 6.85. The van der Waals surface area contributed by atoms with Crippen LogP contribution >= 0.6 is 0 Å². The third-order valence-corrected chi connectivity index (χ3v) is 4.89. The number of ether oxygens (including phenoxy) is 2. The van der Waals surface area contributed by atoms with Gasteiger partial charge in [0.05, 0.1) is 13.2 Å². The summed E-state index contributed by atoms with van der Waals surface area (Å²) in [6.45, 7) is 5.80. The molecule has 1 aliphatic heterocycles. The molecule has 1 saturated heterocycles. The maximum absolute atomic E-state index is 13.5. The van der Waals surface area contributed by atoms with Crippen LogP contribution < -0.4 is 5.32 Å². The number of carbonyl (C=O) groups excluding carboxylic acids is 1. The molecule has 1 amide bonds. The summed E-state index contributed by atoms with van der Waals surface area (Å²) in [6, 6.07) is 7.81. The molecule has 0 radical (unpaired) electrons. The summed E-state index contributed by atoms with van der Waals surface area (Å²) in [5, 5.41) is 3.48. The van der Waals surface area contributed by atoms with Gasteiger partial charge in [0.2, 0.25) is 5.91 Å². The van der Waals surface area contributed by atoms with Gasteiger partial charge in [-0.15, -0.1) is 0 Å². The fourth-order valence-electron chi connectivity index (χ4n) is 3.59. The topological polar surface area (TPSA) is 76.6 Å². The Balaban J connectivity index is 1.81. The van der Waals surface area contributed by atoms with Crippen LogP contribution in [-0.2, 0) is 27.1 Å². The quantitative estimate of drug-likeness (QED) is 0.630. The van der Waals surface area contributed by atoms with Gasteiger partial charge in [0.25, 0.3) is 0 Å². The summed E-state index contributed by atoms with van der Waals surface area (Å²) in [4.78, 5) is 23.5. The Kier molecular flexibility index (Phi) is 7.08. The van der Waals surface area contributed by atoms with Crippen molar-refractivity contribution in [3.8, 4) is 0 Å². The highest BCUT2D eigenvalue weighted by atomic mass is 16.7. The number of nitrogens with zero attached hydrogens (tertiary/aromatic N) is 3. The van der Waals surface area contributed by atoms with Gasteiger partial charge >= 0.3 is 0 Å². The Morgan fingerprint density at radius 2 is 1.50 bits per heavy atom. The lowest BCUT2D eigenvalue weighted by Gasteiger charge is -2.29. The van der Waals surface area contributed by atoms with Gasteiger partial charge in [-0.3, -0.25) is 20.1 Å². The average Bonchev–Trinajstić information content (AvgIpc) is 2.99. The standard InChI is InChI=1S/C21H28N4O3/c1-3-27-19(28-4-2)15-25-16-24-21(20(25)26,13-17-5-9-22-10-6-17)14-18-7-11-23-12-8-18/h5-12,19,24H,3-4,13-16H2,1-2H3. The smallest absolute Gasteiger partial charge is 0.244 e. The van der Waals surface area contributed by atoms with Crippen molar-refractivity contribution >= 4 is 5.91 Å². The molecular weight excluding hydrogens is 356 g/mol. The van der Waals surface area contributed by atoms with E-state index in [0.717, 1.165) is 11.1 Å². The van der Waals surface area contributed by atoms with Gasteiger partial charge < -0.3 is 14.4 Å². The highest BCUT2D eigenvalue weighted by Gasteiger charge is 2.46. The van der Waals surface area contributed by atoms with Crippen LogP contribution in [-0.4, -0.2) is 59.0 Å². The monoisotopic (exact) mass is 384 g/mol. The second-order valence-electron chi connectivity index (χ2n) is 6.85. The molecule has 1 N–H and O–H groups in total. The average molecular weight is 384 g/mol. The van der Waals surface area contributed by atoms with E-state index < -0.39 is 11.8 Å². The molecule has 0 spiro atoms. The van der Waals surface area contributed by atoms with Gasteiger partial charge in [0, 0.05) is 50.8 Å². The largest absolute Gasteiger partial charge is 0.351 e. The molecule has 0 atom stereocenters. The molecule has 7 heteroatoms. The zero-order valence-electron chi connectivity index (χ0n) is 16.5. The van der Waals surface area contributed by atoms with Crippen LogP contribution in [0.4, 0.5) is 0 Å². The van der Waals surface area contributed by atoms with Crippen molar-refractivity contribution < 1.29 is 14.3 Å². The van der Waals surface area contributed by atoms with Crippen LogP contribution in [0.3, 0.4) is 0 Å². The van der Waals surface area contributed by atoms with Crippen molar-refractivity contribution in [3.05, 3.63) is 60.2 Å². The fourth-order valence-corrected chi connectivity index (χ4v) is 3.59. The highest BCUT2D eigenvalue weighted by molar-refractivity contribution is 5.89. The van der Waals surface area contributed by atoms with Gasteiger partial charge in [-0.25, -0.2) is 0 Å². The van der Waals surface area contributed by atoms with E-state index in [1.54, 1.807) is 29.7 Å². The first-order valence-corrected chi connectivity index (χ1v) is 9.72. The fraction of sp³-hybridized carbons (Fsp3) is 0.476. The second kappa shape index (κ2) is 9.73. The van der Waals surface area contributed by atoms with Crippen molar-refractivity contribution in [1.82, 2.24) is 20.2 Å². The van der Waals surface area contributed by atoms with E-state index in [1.807, 2.05) is 38.1 Å². The van der Waals surface area contributed by atoms with Gasteiger partial charge in [0.1, 0.15) is 5.54 Å². The van der Waals surface area contributed by atoms with E-state index >= 15 is 0 Å². The van der Waals surface area contributed by atoms with Crippen LogP contribution in [0.2, 0.25) is 0 Å². The zero-order valence-corrected chi connectivity index (χ0v) is 16.5. The van der Waals surface area contributed by atoms with E-state index in [-0.39, 0.29) is 5.91 Å². The van der Waals surface area contributed by atoms with Crippen LogP contribution in [0.15, 0.2) is 49.1 Å². The van der Waals surface area contributed by atoms with E-state index in [0.29, 0.717) is 39.3 Å². The predicted octanol–water partition coefficient (Wildman–Crippen LogP) is 1.79. The van der Waals surface area contributed by atoms with E-state index in [9.17, 15) is 4.79 Å². The number of hydrogen-bond donors (Lipinski definition) is 1. The Hall–Kier alpha value is -2.35. The van der Waals surface area contributed by atoms with Crippen LogP contribution in [0.1, 0.15) is 25.0 Å². The number of rotatable bonds is 10.